The van der Waals surface area contributed by atoms with Crippen LogP contribution in [-0.2, 0) is 19.1 Å². The minimum atomic E-state index is -0.981. The van der Waals surface area contributed by atoms with E-state index in [0.29, 0.717) is 48.1 Å². The average molecular weight is 602 g/mol. The molecule has 3 rings (SSSR count). The molecule has 0 bridgehead atoms. The lowest BCUT2D eigenvalue weighted by Crippen LogP contribution is -2.43. The Hall–Kier alpha value is -3.41. The first-order chi connectivity index (χ1) is 20.2. The van der Waals surface area contributed by atoms with Gasteiger partial charge in [-0.25, -0.2) is 0 Å². The molecule has 0 radical (unpaired) electrons. The summed E-state index contributed by atoms with van der Waals surface area (Å²) in [4.78, 5) is 59.3. The van der Waals surface area contributed by atoms with Crippen molar-refractivity contribution in [3.05, 3.63) is 35.4 Å². The summed E-state index contributed by atoms with van der Waals surface area (Å²) in [5, 5.41) is 11.5. The average Bonchev–Trinajstić information content (AvgIpc) is 3.28. The molecule has 1 saturated carbocycles. The summed E-state index contributed by atoms with van der Waals surface area (Å²) in [5.74, 6) is -1.55. The molecule has 230 valence electrons. The third-order valence-electron chi connectivity index (χ3n) is 7.35. The number of carboxylic acids is 1. The van der Waals surface area contributed by atoms with E-state index in [4.69, 9.17) is 15.6 Å². The van der Waals surface area contributed by atoms with Crippen LogP contribution in [0.2, 0.25) is 0 Å². The van der Waals surface area contributed by atoms with Crippen molar-refractivity contribution in [1.82, 2.24) is 10.2 Å². The highest BCUT2D eigenvalue weighted by Crippen LogP contribution is 2.32. The molecular weight excluding hydrogens is 558 g/mol. The molecule has 0 spiro atoms. The minimum absolute atomic E-state index is 0.0457. The smallest absolute Gasteiger partial charge is 0.306 e. The predicted molar refractivity (Wildman–Crippen MR) is 164 cm³/mol. The summed E-state index contributed by atoms with van der Waals surface area (Å²) in [6.45, 7) is 5.07. The standard InChI is InChI=1S/C30H43N5O6S/c1-3-4-19-35-20(2)26(29(40)33-18-16-24(36)37)42-30(35)34-28(39)22-14-12-21(13-15-22)27(31)32-17-8-11-25(38)41-23-9-6-5-7-10-23/h12-15,20,23,26H,3-11,16-19H2,1-2H3,(H2,31,32)(H,33,40)(H,36,37). The number of nitrogens with zero attached hydrogens (tertiary/aromatic N) is 3. The number of ether oxygens (including phenoxy) is 1. The number of aliphatic carboxylic acids is 1. The van der Waals surface area contributed by atoms with E-state index in [9.17, 15) is 19.2 Å². The monoisotopic (exact) mass is 601 g/mol. The molecule has 1 saturated heterocycles. The Kier molecular flexibility index (Phi) is 13.3. The van der Waals surface area contributed by atoms with Gasteiger partial charge in [0.25, 0.3) is 5.91 Å². The van der Waals surface area contributed by atoms with E-state index in [1.54, 1.807) is 24.3 Å². The van der Waals surface area contributed by atoms with Crippen molar-refractivity contribution < 1.29 is 29.0 Å². The number of aliphatic imine (C=N–C) groups is 2. The van der Waals surface area contributed by atoms with Crippen LogP contribution < -0.4 is 11.1 Å². The lowest BCUT2D eigenvalue weighted by atomic mass is 9.98. The zero-order valence-corrected chi connectivity index (χ0v) is 25.4. The Morgan fingerprint density at radius 2 is 1.76 bits per heavy atom. The van der Waals surface area contributed by atoms with Crippen molar-refractivity contribution in [1.29, 1.82) is 0 Å². The van der Waals surface area contributed by atoms with E-state index in [-0.39, 0.29) is 37.0 Å². The molecule has 1 heterocycles. The van der Waals surface area contributed by atoms with E-state index < -0.39 is 17.1 Å². The van der Waals surface area contributed by atoms with Crippen molar-refractivity contribution in [2.75, 3.05) is 19.6 Å². The maximum atomic E-state index is 13.1. The maximum absolute atomic E-state index is 13.1. The molecule has 42 heavy (non-hydrogen) atoms. The first kappa shape index (κ1) is 33.1. The van der Waals surface area contributed by atoms with Gasteiger partial charge in [-0.15, -0.1) is 0 Å². The summed E-state index contributed by atoms with van der Waals surface area (Å²) in [6, 6.07) is 6.50. The van der Waals surface area contributed by atoms with Crippen molar-refractivity contribution in [2.45, 2.75) is 95.5 Å². The van der Waals surface area contributed by atoms with Gasteiger partial charge in [0.05, 0.1) is 6.42 Å². The highest BCUT2D eigenvalue weighted by atomic mass is 32.2. The number of amides is 2. The molecule has 1 aliphatic carbocycles. The van der Waals surface area contributed by atoms with Gasteiger partial charge in [-0.3, -0.25) is 24.2 Å². The first-order valence-electron chi connectivity index (χ1n) is 14.8. The number of unbranched alkanes of at least 4 members (excludes halogenated alkanes) is 1. The van der Waals surface area contributed by atoms with Gasteiger partial charge >= 0.3 is 11.9 Å². The number of benzene rings is 1. The molecule has 2 amide bonds. The highest BCUT2D eigenvalue weighted by molar-refractivity contribution is 8.15. The van der Waals surface area contributed by atoms with Crippen LogP contribution in [0.25, 0.3) is 0 Å². The molecular formula is C30H43N5O6S. The normalized spacial score (nSPS) is 20.5. The maximum Gasteiger partial charge on any atom is 0.306 e. The number of hydrogen-bond acceptors (Lipinski definition) is 7. The molecule has 2 fully saturated rings. The number of amidine groups is 2. The number of nitrogens with one attached hydrogen (secondary N) is 1. The SMILES string of the molecule is CCCCN1C(=NC(=O)c2ccc(C(N)=NCCCC(=O)OC3CCCCC3)cc2)SC(C(=O)NCCC(=O)O)C1C. The number of esters is 1. The Morgan fingerprint density at radius 1 is 1.07 bits per heavy atom. The van der Waals surface area contributed by atoms with E-state index >= 15 is 0 Å². The Balaban J connectivity index is 1.56. The van der Waals surface area contributed by atoms with Crippen molar-refractivity contribution in [2.24, 2.45) is 15.7 Å². The Morgan fingerprint density at radius 3 is 2.43 bits per heavy atom. The number of thioether (sulfide) groups is 1. The Bertz CT molecular complexity index is 1150. The number of carbonyl (C=O) groups excluding carboxylic acids is 3. The lowest BCUT2D eigenvalue weighted by molar-refractivity contribution is -0.150. The molecule has 1 aromatic rings. The van der Waals surface area contributed by atoms with E-state index in [1.165, 1.54) is 18.2 Å². The van der Waals surface area contributed by atoms with E-state index in [2.05, 4.69) is 22.2 Å². The summed E-state index contributed by atoms with van der Waals surface area (Å²) in [6.07, 6.45) is 7.90. The predicted octanol–water partition coefficient (Wildman–Crippen LogP) is 3.74. The second-order valence-corrected chi connectivity index (χ2v) is 11.8. The van der Waals surface area contributed by atoms with Gasteiger partial charge in [0.15, 0.2) is 5.17 Å². The third-order valence-corrected chi connectivity index (χ3v) is 8.75. The van der Waals surface area contributed by atoms with Crippen LogP contribution in [0, 0.1) is 0 Å². The fourth-order valence-corrected chi connectivity index (χ4v) is 6.17. The third kappa shape index (κ3) is 10.1. The summed E-state index contributed by atoms with van der Waals surface area (Å²) < 4.78 is 5.53. The fraction of sp³-hybridized carbons (Fsp3) is 0.600. The van der Waals surface area contributed by atoms with Gasteiger partial charge in [0, 0.05) is 43.2 Å². The molecule has 2 atom stereocenters. The molecule has 2 unspecified atom stereocenters. The van der Waals surface area contributed by atoms with E-state index in [0.717, 1.165) is 38.5 Å². The molecule has 4 N–H and O–H groups in total. The van der Waals surface area contributed by atoms with Crippen molar-refractivity contribution >= 4 is 46.5 Å². The van der Waals surface area contributed by atoms with Crippen molar-refractivity contribution in [3.63, 3.8) is 0 Å². The zero-order chi connectivity index (χ0) is 30.5. The van der Waals surface area contributed by atoms with Gasteiger partial charge in [-0.1, -0.05) is 43.7 Å². The van der Waals surface area contributed by atoms with Crippen LogP contribution in [0.1, 0.15) is 94.0 Å². The zero-order valence-electron chi connectivity index (χ0n) is 24.5. The molecule has 1 aromatic carbocycles. The van der Waals surface area contributed by atoms with Crippen LogP contribution in [0.15, 0.2) is 34.3 Å². The number of rotatable bonds is 14. The van der Waals surface area contributed by atoms with Gasteiger partial charge in [-0.05, 0) is 57.6 Å². The van der Waals surface area contributed by atoms with Gasteiger partial charge < -0.3 is 25.8 Å². The fourth-order valence-electron chi connectivity index (χ4n) is 4.88. The number of carboxylic acid groups (broad SMARTS) is 1. The molecule has 0 aromatic heterocycles. The minimum Gasteiger partial charge on any atom is -0.481 e. The van der Waals surface area contributed by atoms with Crippen LogP contribution >= 0.6 is 11.8 Å². The van der Waals surface area contributed by atoms with Crippen molar-refractivity contribution in [3.8, 4) is 0 Å². The lowest BCUT2D eigenvalue weighted by Gasteiger charge is -2.24. The highest BCUT2D eigenvalue weighted by Gasteiger charge is 2.40. The number of carbonyl (C=O) groups is 4. The van der Waals surface area contributed by atoms with Gasteiger partial charge in [0.1, 0.15) is 17.2 Å². The topological polar surface area (TPSA) is 164 Å². The summed E-state index contributed by atoms with van der Waals surface area (Å²) in [5.41, 5.74) is 7.18. The van der Waals surface area contributed by atoms with Gasteiger partial charge in [-0.2, -0.15) is 4.99 Å². The summed E-state index contributed by atoms with van der Waals surface area (Å²) in [7, 11) is 0. The molecule has 12 heteroatoms. The molecule has 2 aliphatic rings. The number of nitrogens with two attached hydrogens (primary N) is 1. The van der Waals surface area contributed by atoms with Crippen LogP contribution in [0.5, 0.6) is 0 Å². The van der Waals surface area contributed by atoms with E-state index in [1.807, 2.05) is 11.8 Å². The molecule has 11 nitrogen and oxygen atoms in total. The second-order valence-electron chi connectivity index (χ2n) is 10.7. The summed E-state index contributed by atoms with van der Waals surface area (Å²) >= 11 is 1.22. The van der Waals surface area contributed by atoms with Crippen LogP contribution in [-0.4, -0.2) is 81.8 Å². The van der Waals surface area contributed by atoms with Crippen LogP contribution in [0.3, 0.4) is 0 Å². The largest absolute Gasteiger partial charge is 0.481 e. The second kappa shape index (κ2) is 16.9. The van der Waals surface area contributed by atoms with Gasteiger partial charge in [0.2, 0.25) is 5.91 Å². The quantitative estimate of drug-likeness (QED) is 0.125. The number of hydrogen-bond donors (Lipinski definition) is 3. The molecule has 1 aliphatic heterocycles. The van der Waals surface area contributed by atoms with Crippen LogP contribution in [0.4, 0.5) is 0 Å². The first-order valence-corrected chi connectivity index (χ1v) is 15.7. The Labute approximate surface area is 251 Å².